The summed E-state index contributed by atoms with van der Waals surface area (Å²) in [4.78, 5) is 0. The highest BCUT2D eigenvalue weighted by Gasteiger charge is 2.08. The molecular formula is C5H7N3. The van der Waals surface area contributed by atoms with Gasteiger partial charge in [0.15, 0.2) is 5.84 Å². The molecule has 0 radical (unpaired) electrons. The van der Waals surface area contributed by atoms with Gasteiger partial charge in [0.1, 0.15) is 0 Å². The molecule has 0 fully saturated rings. The van der Waals surface area contributed by atoms with E-state index in [0.717, 1.165) is 11.3 Å². The standard InChI is InChI=1S/C5H7N3/c1-3-4(2)7-8-5(3)6/h1H2,2H3,(H2,6,8). The normalized spacial score (nSPS) is 18.4. The first-order valence-electron chi connectivity index (χ1n) is 2.29. The number of nitrogens with zero attached hydrogens (tertiary/aromatic N) is 2. The van der Waals surface area contributed by atoms with Crippen molar-refractivity contribution < 1.29 is 0 Å². The quantitative estimate of drug-likeness (QED) is 0.477. The molecule has 1 heterocycles. The van der Waals surface area contributed by atoms with E-state index in [9.17, 15) is 0 Å². The minimum atomic E-state index is 0.433. The van der Waals surface area contributed by atoms with Crippen LogP contribution in [0.25, 0.3) is 0 Å². The zero-order valence-corrected chi connectivity index (χ0v) is 4.68. The molecule has 1 aliphatic heterocycles. The van der Waals surface area contributed by atoms with Crippen molar-refractivity contribution in [2.75, 3.05) is 0 Å². The number of nitrogens with two attached hydrogens (primary N) is 1. The van der Waals surface area contributed by atoms with Crippen molar-refractivity contribution in [3.8, 4) is 0 Å². The highest BCUT2D eigenvalue weighted by atomic mass is 15.3. The largest absolute Gasteiger partial charge is 0.382 e. The molecule has 0 bridgehead atoms. The van der Waals surface area contributed by atoms with Crippen molar-refractivity contribution in [1.29, 1.82) is 0 Å². The van der Waals surface area contributed by atoms with Crippen molar-refractivity contribution in [3.05, 3.63) is 12.2 Å². The molecule has 2 N–H and O–H groups in total. The Morgan fingerprint density at radius 1 is 1.50 bits per heavy atom. The van der Waals surface area contributed by atoms with Crippen LogP contribution >= 0.6 is 0 Å². The third-order valence-electron chi connectivity index (χ3n) is 1.05. The van der Waals surface area contributed by atoms with Gasteiger partial charge < -0.3 is 5.73 Å². The van der Waals surface area contributed by atoms with Gasteiger partial charge in [0.05, 0.1) is 5.71 Å². The Morgan fingerprint density at radius 2 is 2.12 bits per heavy atom. The summed E-state index contributed by atoms with van der Waals surface area (Å²) in [6, 6.07) is 0. The fourth-order valence-electron chi connectivity index (χ4n) is 0.435. The molecule has 0 unspecified atom stereocenters. The summed E-state index contributed by atoms with van der Waals surface area (Å²) in [5.41, 5.74) is 6.85. The summed E-state index contributed by atoms with van der Waals surface area (Å²) in [5.74, 6) is 0.433. The summed E-state index contributed by atoms with van der Waals surface area (Å²) in [6.07, 6.45) is 0. The smallest absolute Gasteiger partial charge is 0.154 e. The topological polar surface area (TPSA) is 50.7 Å². The van der Waals surface area contributed by atoms with Crippen LogP contribution in [0.15, 0.2) is 22.4 Å². The zero-order chi connectivity index (χ0) is 6.15. The lowest BCUT2D eigenvalue weighted by Gasteiger charge is -1.89. The molecule has 3 nitrogen and oxygen atoms in total. The third-order valence-corrected chi connectivity index (χ3v) is 1.05. The lowest BCUT2D eigenvalue weighted by Crippen LogP contribution is -2.13. The molecule has 42 valence electrons. The van der Waals surface area contributed by atoms with Gasteiger partial charge >= 0.3 is 0 Å². The molecule has 0 atom stereocenters. The lowest BCUT2D eigenvalue weighted by molar-refractivity contribution is 1.25. The molecule has 1 aliphatic rings. The molecule has 0 aliphatic carbocycles. The van der Waals surface area contributed by atoms with Gasteiger partial charge in [0.25, 0.3) is 0 Å². The monoisotopic (exact) mass is 109 g/mol. The Hall–Kier alpha value is -1.12. The van der Waals surface area contributed by atoms with E-state index in [4.69, 9.17) is 5.73 Å². The molecule has 3 heteroatoms. The highest BCUT2D eigenvalue weighted by Crippen LogP contribution is 2.02. The number of rotatable bonds is 0. The maximum absolute atomic E-state index is 5.30. The van der Waals surface area contributed by atoms with Gasteiger partial charge in [-0.3, -0.25) is 0 Å². The second kappa shape index (κ2) is 1.43. The van der Waals surface area contributed by atoms with E-state index in [1.807, 2.05) is 6.92 Å². The van der Waals surface area contributed by atoms with Crippen LogP contribution in [-0.2, 0) is 0 Å². The van der Waals surface area contributed by atoms with E-state index in [1.54, 1.807) is 0 Å². The Balaban J connectivity index is 2.92. The average molecular weight is 109 g/mol. The van der Waals surface area contributed by atoms with Crippen LogP contribution in [0.1, 0.15) is 6.92 Å². The van der Waals surface area contributed by atoms with E-state index >= 15 is 0 Å². The van der Waals surface area contributed by atoms with E-state index < -0.39 is 0 Å². The second-order valence-electron chi connectivity index (χ2n) is 1.65. The van der Waals surface area contributed by atoms with Gasteiger partial charge in [0.2, 0.25) is 0 Å². The first-order chi connectivity index (χ1) is 3.72. The predicted molar refractivity (Wildman–Crippen MR) is 33.9 cm³/mol. The minimum Gasteiger partial charge on any atom is -0.382 e. The maximum Gasteiger partial charge on any atom is 0.154 e. The summed E-state index contributed by atoms with van der Waals surface area (Å²) < 4.78 is 0. The van der Waals surface area contributed by atoms with Gasteiger partial charge in [-0.2, -0.15) is 5.10 Å². The molecule has 1 rings (SSSR count). The molecule has 0 aromatic rings. The Labute approximate surface area is 47.6 Å². The van der Waals surface area contributed by atoms with Crippen molar-refractivity contribution in [3.63, 3.8) is 0 Å². The summed E-state index contributed by atoms with van der Waals surface area (Å²) in [6.45, 7) is 5.45. The minimum absolute atomic E-state index is 0.433. The van der Waals surface area contributed by atoms with Crippen molar-refractivity contribution in [2.45, 2.75) is 6.92 Å². The Morgan fingerprint density at radius 3 is 2.25 bits per heavy atom. The van der Waals surface area contributed by atoms with Crippen LogP contribution in [0.5, 0.6) is 0 Å². The van der Waals surface area contributed by atoms with Gasteiger partial charge in [-0.15, -0.1) is 5.10 Å². The van der Waals surface area contributed by atoms with Gasteiger partial charge in [-0.05, 0) is 6.92 Å². The summed E-state index contributed by atoms with van der Waals surface area (Å²) in [5, 5.41) is 7.26. The third kappa shape index (κ3) is 0.521. The van der Waals surface area contributed by atoms with E-state index in [-0.39, 0.29) is 0 Å². The maximum atomic E-state index is 5.30. The van der Waals surface area contributed by atoms with Gasteiger partial charge in [-0.25, -0.2) is 0 Å². The number of amidine groups is 1. The Kier molecular flexibility index (Phi) is 0.901. The van der Waals surface area contributed by atoms with Crippen LogP contribution in [0.3, 0.4) is 0 Å². The number of hydrogen-bond acceptors (Lipinski definition) is 3. The molecule has 0 saturated heterocycles. The van der Waals surface area contributed by atoms with Crippen LogP contribution in [0.2, 0.25) is 0 Å². The molecule has 0 saturated carbocycles. The van der Waals surface area contributed by atoms with E-state index in [2.05, 4.69) is 16.8 Å². The van der Waals surface area contributed by atoms with Crippen molar-refractivity contribution in [1.82, 2.24) is 0 Å². The van der Waals surface area contributed by atoms with E-state index in [1.165, 1.54) is 0 Å². The predicted octanol–water partition coefficient (Wildman–Crippen LogP) is 0.289. The molecule has 8 heavy (non-hydrogen) atoms. The fourth-order valence-corrected chi connectivity index (χ4v) is 0.435. The SMILES string of the molecule is C=C1C(C)=NN=C1N. The molecule has 0 aromatic carbocycles. The molecule has 0 spiro atoms. The molecule has 0 aromatic heterocycles. The van der Waals surface area contributed by atoms with Crippen molar-refractivity contribution >= 4 is 11.5 Å². The average Bonchev–Trinajstić information content (AvgIpc) is 1.98. The lowest BCUT2D eigenvalue weighted by atomic mass is 10.2. The molecular weight excluding hydrogens is 102 g/mol. The van der Waals surface area contributed by atoms with Gasteiger partial charge in [-0.1, -0.05) is 6.58 Å². The van der Waals surface area contributed by atoms with Crippen LogP contribution in [0, 0.1) is 0 Å². The Bertz CT molecular complexity index is 168. The first-order valence-corrected chi connectivity index (χ1v) is 2.29. The van der Waals surface area contributed by atoms with Crippen molar-refractivity contribution in [2.24, 2.45) is 15.9 Å². The highest BCUT2D eigenvalue weighted by molar-refractivity contribution is 6.24. The summed E-state index contributed by atoms with van der Waals surface area (Å²) in [7, 11) is 0. The summed E-state index contributed by atoms with van der Waals surface area (Å²) >= 11 is 0. The number of hydrogen-bond donors (Lipinski definition) is 1. The van der Waals surface area contributed by atoms with Crippen LogP contribution < -0.4 is 5.73 Å². The zero-order valence-electron chi connectivity index (χ0n) is 4.68. The van der Waals surface area contributed by atoms with Crippen LogP contribution in [0.4, 0.5) is 0 Å². The van der Waals surface area contributed by atoms with Crippen LogP contribution in [-0.4, -0.2) is 11.5 Å². The van der Waals surface area contributed by atoms with Gasteiger partial charge in [0, 0.05) is 5.57 Å². The second-order valence-corrected chi connectivity index (χ2v) is 1.65. The first kappa shape index (κ1) is 5.03. The fraction of sp³-hybridized carbons (Fsp3) is 0.200. The molecule has 0 amide bonds. The van der Waals surface area contributed by atoms with E-state index in [0.29, 0.717) is 5.84 Å².